The molecule has 0 spiro atoms. The van der Waals surface area contributed by atoms with E-state index in [2.05, 4.69) is 10.4 Å². The second-order valence-corrected chi connectivity index (χ2v) is 4.93. The molecule has 5 heteroatoms. The number of aryl methyl sites for hydroxylation is 1. The number of rotatable bonds is 3. The Hall–Kier alpha value is -1.36. The fourth-order valence-corrected chi connectivity index (χ4v) is 2.31. The molecule has 2 heterocycles. The fourth-order valence-electron chi connectivity index (χ4n) is 2.31. The minimum absolute atomic E-state index is 0.00837. The summed E-state index contributed by atoms with van der Waals surface area (Å²) in [5.41, 5.74) is 2.17. The average Bonchev–Trinajstić information content (AvgIpc) is 2.71. The zero-order valence-electron chi connectivity index (χ0n) is 11.3. The highest BCUT2D eigenvalue weighted by atomic mass is 16.5. The minimum atomic E-state index is 0.00837. The van der Waals surface area contributed by atoms with Gasteiger partial charge in [0.2, 0.25) is 5.91 Å². The van der Waals surface area contributed by atoms with E-state index in [-0.39, 0.29) is 17.9 Å². The molecule has 1 aliphatic heterocycles. The van der Waals surface area contributed by atoms with Gasteiger partial charge in [0.1, 0.15) is 0 Å². The average molecular weight is 251 g/mol. The maximum absolute atomic E-state index is 12.1. The molecule has 1 atom stereocenters. The molecule has 0 bridgehead atoms. The second kappa shape index (κ2) is 5.52. The van der Waals surface area contributed by atoms with Gasteiger partial charge in [-0.05, 0) is 26.7 Å². The Morgan fingerprint density at radius 1 is 1.56 bits per heavy atom. The molecule has 1 fully saturated rings. The van der Waals surface area contributed by atoms with Crippen molar-refractivity contribution >= 4 is 5.91 Å². The van der Waals surface area contributed by atoms with Crippen molar-refractivity contribution in [2.45, 2.75) is 32.7 Å². The quantitative estimate of drug-likeness (QED) is 0.881. The highest BCUT2D eigenvalue weighted by molar-refractivity contribution is 5.79. The summed E-state index contributed by atoms with van der Waals surface area (Å²) in [5, 5.41) is 7.27. The van der Waals surface area contributed by atoms with Crippen molar-refractivity contribution in [1.29, 1.82) is 0 Å². The monoisotopic (exact) mass is 251 g/mol. The van der Waals surface area contributed by atoms with Gasteiger partial charge in [0.05, 0.1) is 12.2 Å². The van der Waals surface area contributed by atoms with Crippen molar-refractivity contribution in [2.24, 2.45) is 13.0 Å². The van der Waals surface area contributed by atoms with Crippen molar-refractivity contribution in [3.05, 3.63) is 17.5 Å². The van der Waals surface area contributed by atoms with Crippen LogP contribution in [0.3, 0.4) is 0 Å². The van der Waals surface area contributed by atoms with E-state index in [4.69, 9.17) is 4.74 Å². The lowest BCUT2D eigenvalue weighted by Crippen LogP contribution is -2.35. The van der Waals surface area contributed by atoms with Gasteiger partial charge < -0.3 is 10.1 Å². The Morgan fingerprint density at radius 3 is 2.78 bits per heavy atom. The Morgan fingerprint density at radius 2 is 2.22 bits per heavy atom. The molecule has 1 unspecified atom stereocenters. The van der Waals surface area contributed by atoms with Crippen LogP contribution in [0.15, 0.2) is 6.20 Å². The van der Waals surface area contributed by atoms with Gasteiger partial charge in [-0.2, -0.15) is 5.10 Å². The smallest absolute Gasteiger partial charge is 0.223 e. The van der Waals surface area contributed by atoms with E-state index in [9.17, 15) is 4.79 Å². The summed E-state index contributed by atoms with van der Waals surface area (Å²) in [6.45, 7) is 5.40. The third-order valence-corrected chi connectivity index (χ3v) is 3.69. The Labute approximate surface area is 108 Å². The molecular weight excluding hydrogens is 230 g/mol. The van der Waals surface area contributed by atoms with Crippen LogP contribution in [0.25, 0.3) is 0 Å². The molecule has 0 aromatic carbocycles. The van der Waals surface area contributed by atoms with E-state index < -0.39 is 0 Å². The molecule has 1 N–H and O–H groups in total. The van der Waals surface area contributed by atoms with E-state index in [1.165, 1.54) is 0 Å². The lowest BCUT2D eigenvalue weighted by Gasteiger charge is -2.23. The summed E-state index contributed by atoms with van der Waals surface area (Å²) >= 11 is 0. The normalized spacial score (nSPS) is 18.6. The van der Waals surface area contributed by atoms with E-state index in [0.29, 0.717) is 13.2 Å². The predicted molar refractivity (Wildman–Crippen MR) is 68.0 cm³/mol. The zero-order chi connectivity index (χ0) is 13.1. The van der Waals surface area contributed by atoms with E-state index >= 15 is 0 Å². The van der Waals surface area contributed by atoms with Gasteiger partial charge in [-0.15, -0.1) is 0 Å². The topological polar surface area (TPSA) is 56.1 Å². The first-order chi connectivity index (χ1) is 8.59. The van der Waals surface area contributed by atoms with E-state index in [1.54, 1.807) is 0 Å². The Bertz CT molecular complexity index is 422. The molecule has 5 nitrogen and oxygen atoms in total. The highest BCUT2D eigenvalue weighted by Gasteiger charge is 2.23. The standard InChI is InChI=1S/C13H21N3O2/c1-9(12-8-14-16(3)10(12)2)15-13(17)11-4-6-18-7-5-11/h8-9,11H,4-7H2,1-3H3,(H,15,17). The number of hydrogen-bond acceptors (Lipinski definition) is 3. The number of aromatic nitrogens is 2. The summed E-state index contributed by atoms with van der Waals surface area (Å²) in [4.78, 5) is 12.1. The maximum Gasteiger partial charge on any atom is 0.223 e. The van der Waals surface area contributed by atoms with E-state index in [1.807, 2.05) is 31.8 Å². The predicted octanol–water partition coefficient (Wildman–Crippen LogP) is 1.33. The molecule has 0 saturated carbocycles. The van der Waals surface area contributed by atoms with Crippen LogP contribution in [0.2, 0.25) is 0 Å². The first-order valence-electron chi connectivity index (χ1n) is 6.46. The van der Waals surface area contributed by atoms with Crippen LogP contribution in [-0.4, -0.2) is 28.9 Å². The van der Waals surface area contributed by atoms with Crippen molar-refractivity contribution < 1.29 is 9.53 Å². The van der Waals surface area contributed by atoms with Gasteiger partial charge in [-0.3, -0.25) is 9.48 Å². The lowest BCUT2D eigenvalue weighted by molar-refractivity contribution is -0.128. The van der Waals surface area contributed by atoms with Crippen LogP contribution in [0.5, 0.6) is 0 Å². The molecule has 1 aromatic heterocycles. The molecule has 0 aliphatic carbocycles. The van der Waals surface area contributed by atoms with Crippen molar-refractivity contribution in [1.82, 2.24) is 15.1 Å². The number of hydrogen-bond donors (Lipinski definition) is 1. The zero-order valence-corrected chi connectivity index (χ0v) is 11.3. The number of carbonyl (C=O) groups is 1. The number of carbonyl (C=O) groups excluding carboxylic acids is 1. The SMILES string of the molecule is Cc1c(C(C)NC(=O)C2CCOCC2)cnn1C. The Balaban J connectivity index is 1.96. The molecule has 100 valence electrons. The lowest BCUT2D eigenvalue weighted by atomic mass is 9.98. The van der Waals surface area contributed by atoms with Crippen molar-refractivity contribution in [3.8, 4) is 0 Å². The molecular formula is C13H21N3O2. The molecule has 1 amide bonds. The van der Waals surface area contributed by atoms with Gasteiger partial charge >= 0.3 is 0 Å². The van der Waals surface area contributed by atoms with Crippen LogP contribution < -0.4 is 5.32 Å². The largest absolute Gasteiger partial charge is 0.381 e. The molecule has 1 aliphatic rings. The van der Waals surface area contributed by atoms with Crippen LogP contribution in [0, 0.1) is 12.8 Å². The highest BCUT2D eigenvalue weighted by Crippen LogP contribution is 2.19. The minimum Gasteiger partial charge on any atom is -0.381 e. The van der Waals surface area contributed by atoms with Crippen LogP contribution in [0.1, 0.15) is 37.1 Å². The summed E-state index contributed by atoms with van der Waals surface area (Å²) in [5.74, 6) is 0.229. The number of ether oxygens (including phenoxy) is 1. The van der Waals surface area contributed by atoms with Gasteiger partial charge in [-0.1, -0.05) is 0 Å². The summed E-state index contributed by atoms with van der Waals surface area (Å²) in [7, 11) is 1.91. The first-order valence-corrected chi connectivity index (χ1v) is 6.46. The van der Waals surface area contributed by atoms with Crippen LogP contribution in [0.4, 0.5) is 0 Å². The first kappa shape index (κ1) is 13.1. The fraction of sp³-hybridized carbons (Fsp3) is 0.692. The third kappa shape index (κ3) is 2.72. The van der Waals surface area contributed by atoms with Gasteiger partial charge in [-0.25, -0.2) is 0 Å². The third-order valence-electron chi connectivity index (χ3n) is 3.69. The number of amides is 1. The van der Waals surface area contributed by atoms with Gasteiger partial charge in [0.25, 0.3) is 0 Å². The van der Waals surface area contributed by atoms with Crippen molar-refractivity contribution in [3.63, 3.8) is 0 Å². The van der Waals surface area contributed by atoms with Crippen LogP contribution in [-0.2, 0) is 16.6 Å². The second-order valence-electron chi connectivity index (χ2n) is 4.93. The Kier molecular flexibility index (Phi) is 4.01. The maximum atomic E-state index is 12.1. The number of nitrogens with one attached hydrogen (secondary N) is 1. The van der Waals surface area contributed by atoms with E-state index in [0.717, 1.165) is 24.1 Å². The molecule has 18 heavy (non-hydrogen) atoms. The van der Waals surface area contributed by atoms with Gasteiger partial charge in [0, 0.05) is 37.4 Å². The summed E-state index contributed by atoms with van der Waals surface area (Å²) in [6, 6.07) is 0.00837. The van der Waals surface area contributed by atoms with Crippen molar-refractivity contribution in [2.75, 3.05) is 13.2 Å². The molecule has 1 aromatic rings. The molecule has 0 radical (unpaired) electrons. The summed E-state index contributed by atoms with van der Waals surface area (Å²) < 4.78 is 7.09. The van der Waals surface area contributed by atoms with Gasteiger partial charge in [0.15, 0.2) is 0 Å². The molecule has 2 rings (SSSR count). The molecule has 1 saturated heterocycles. The van der Waals surface area contributed by atoms with Crippen LogP contribution >= 0.6 is 0 Å². The summed E-state index contributed by atoms with van der Waals surface area (Å²) in [6.07, 6.45) is 3.47. The number of nitrogens with zero attached hydrogens (tertiary/aromatic N) is 2.